The van der Waals surface area contributed by atoms with E-state index >= 15 is 0 Å². The lowest BCUT2D eigenvalue weighted by atomic mass is 9.98. The Morgan fingerprint density at radius 2 is 1.93 bits per heavy atom. The van der Waals surface area contributed by atoms with Crippen LogP contribution in [0.1, 0.15) is 29.3 Å². The Labute approximate surface area is 173 Å². The molecule has 2 aliphatic rings. The quantitative estimate of drug-likeness (QED) is 0.762. The molecule has 1 aliphatic carbocycles. The first kappa shape index (κ1) is 19.4. The van der Waals surface area contributed by atoms with Crippen molar-refractivity contribution in [3.8, 4) is 0 Å². The van der Waals surface area contributed by atoms with Crippen LogP contribution in [0, 0.1) is 12.8 Å². The normalized spacial score (nSPS) is 21.2. The predicted octanol–water partition coefficient (Wildman–Crippen LogP) is 4.07. The molecule has 0 saturated heterocycles. The van der Waals surface area contributed by atoms with Crippen molar-refractivity contribution < 1.29 is 19.1 Å². The maximum Gasteiger partial charge on any atom is 0.414 e. The highest BCUT2D eigenvalue weighted by Crippen LogP contribution is 2.40. The number of aryl methyl sites for hydroxylation is 1. The number of anilines is 1. The molecule has 0 spiro atoms. The molecule has 0 unspecified atom stereocenters. The van der Waals surface area contributed by atoms with Gasteiger partial charge in [0.1, 0.15) is 6.04 Å². The van der Waals surface area contributed by atoms with Crippen molar-refractivity contribution in [2.45, 2.75) is 31.9 Å². The lowest BCUT2D eigenvalue weighted by Gasteiger charge is -2.36. The molecular weight excluding hydrogens is 388 g/mol. The summed E-state index contributed by atoms with van der Waals surface area (Å²) in [5.74, 6) is -0.363. The van der Waals surface area contributed by atoms with Gasteiger partial charge in [-0.2, -0.15) is 0 Å². The van der Waals surface area contributed by atoms with E-state index in [9.17, 15) is 14.4 Å². The van der Waals surface area contributed by atoms with Gasteiger partial charge in [-0.05, 0) is 48.9 Å². The number of rotatable bonds is 4. The van der Waals surface area contributed by atoms with Crippen LogP contribution in [0.25, 0.3) is 0 Å². The molecule has 0 bridgehead atoms. The fraction of sp³-hybridized carbons (Fsp3) is 0.318. The number of hydrogen-bond acceptors (Lipinski definition) is 5. The summed E-state index contributed by atoms with van der Waals surface area (Å²) < 4.78 is 5.68. The number of hydrogen-bond donors (Lipinski definition) is 0. The van der Waals surface area contributed by atoms with Crippen molar-refractivity contribution in [2.24, 2.45) is 5.92 Å². The molecule has 29 heavy (non-hydrogen) atoms. The van der Waals surface area contributed by atoms with E-state index in [0.717, 1.165) is 23.3 Å². The molecule has 0 radical (unpaired) electrons. The molecule has 0 N–H and O–H groups in total. The maximum atomic E-state index is 12.9. The van der Waals surface area contributed by atoms with Gasteiger partial charge in [-0.1, -0.05) is 18.2 Å². The van der Waals surface area contributed by atoms with Gasteiger partial charge in [0.2, 0.25) is 5.91 Å². The number of para-hydroxylation sites is 1. The van der Waals surface area contributed by atoms with E-state index in [4.69, 9.17) is 4.74 Å². The standard InChI is InChI=1S/C22H22N2O4S/c1-14-12-18(29-13-14)19-20(17(25)10-11-24(19)21(26)15-8-9-15)28-22(27)23(2)16-6-4-3-5-7-16/h3-7,10-13,15,19-20H,8-9H2,1-2H3/t19-,20+/m1/s1. The Balaban J connectivity index is 1.63. The van der Waals surface area contributed by atoms with Crippen molar-refractivity contribution in [1.82, 2.24) is 4.90 Å². The number of ketones is 1. The summed E-state index contributed by atoms with van der Waals surface area (Å²) in [5, 5.41) is 1.97. The van der Waals surface area contributed by atoms with Crippen molar-refractivity contribution in [1.29, 1.82) is 0 Å². The van der Waals surface area contributed by atoms with Gasteiger partial charge in [-0.3, -0.25) is 14.5 Å². The molecule has 1 saturated carbocycles. The first-order valence-electron chi connectivity index (χ1n) is 9.54. The lowest BCUT2D eigenvalue weighted by molar-refractivity contribution is -0.138. The van der Waals surface area contributed by atoms with Gasteiger partial charge in [0.15, 0.2) is 11.9 Å². The first-order valence-corrected chi connectivity index (χ1v) is 10.4. The number of carbonyl (C=O) groups excluding carboxylic acids is 3. The highest BCUT2D eigenvalue weighted by Gasteiger charge is 2.45. The van der Waals surface area contributed by atoms with Crippen molar-refractivity contribution in [3.05, 3.63) is 64.5 Å². The van der Waals surface area contributed by atoms with Crippen LogP contribution in [0.4, 0.5) is 10.5 Å². The van der Waals surface area contributed by atoms with E-state index in [1.807, 2.05) is 36.6 Å². The van der Waals surface area contributed by atoms with Crippen LogP contribution in [0.3, 0.4) is 0 Å². The average Bonchev–Trinajstić information content (AvgIpc) is 3.50. The third-order valence-electron chi connectivity index (χ3n) is 5.13. The van der Waals surface area contributed by atoms with Crippen LogP contribution >= 0.6 is 11.3 Å². The monoisotopic (exact) mass is 410 g/mol. The second-order valence-corrected chi connectivity index (χ2v) is 8.35. The number of amides is 2. The Hall–Kier alpha value is -2.93. The minimum Gasteiger partial charge on any atom is -0.435 e. The highest BCUT2D eigenvalue weighted by molar-refractivity contribution is 7.10. The summed E-state index contributed by atoms with van der Waals surface area (Å²) in [4.78, 5) is 42.1. The van der Waals surface area contributed by atoms with Gasteiger partial charge in [-0.25, -0.2) is 4.79 Å². The molecular formula is C22H22N2O4S. The van der Waals surface area contributed by atoms with Crippen LogP contribution in [0.5, 0.6) is 0 Å². The predicted molar refractivity (Wildman–Crippen MR) is 111 cm³/mol. The van der Waals surface area contributed by atoms with Crippen LogP contribution in [0.2, 0.25) is 0 Å². The molecule has 6 nitrogen and oxygen atoms in total. The minimum absolute atomic E-state index is 0.0141. The minimum atomic E-state index is -1.08. The Morgan fingerprint density at radius 3 is 2.55 bits per heavy atom. The Morgan fingerprint density at radius 1 is 1.21 bits per heavy atom. The molecule has 2 heterocycles. The van der Waals surface area contributed by atoms with E-state index < -0.39 is 18.2 Å². The zero-order valence-electron chi connectivity index (χ0n) is 16.3. The molecule has 2 aromatic rings. The molecule has 7 heteroatoms. The summed E-state index contributed by atoms with van der Waals surface area (Å²) in [6.07, 6.45) is 2.86. The van der Waals surface area contributed by atoms with Gasteiger partial charge >= 0.3 is 6.09 Å². The van der Waals surface area contributed by atoms with E-state index in [1.54, 1.807) is 24.1 Å². The van der Waals surface area contributed by atoms with Crippen molar-refractivity contribution in [2.75, 3.05) is 11.9 Å². The van der Waals surface area contributed by atoms with Crippen LogP contribution in [-0.4, -0.2) is 35.8 Å². The fourth-order valence-electron chi connectivity index (χ4n) is 3.36. The molecule has 1 aromatic heterocycles. The van der Waals surface area contributed by atoms with Gasteiger partial charge < -0.3 is 9.64 Å². The van der Waals surface area contributed by atoms with Gasteiger partial charge in [0.25, 0.3) is 0 Å². The summed E-state index contributed by atoms with van der Waals surface area (Å²) in [5.41, 5.74) is 1.70. The molecule has 1 aliphatic heterocycles. The topological polar surface area (TPSA) is 66.9 Å². The summed E-state index contributed by atoms with van der Waals surface area (Å²) in [7, 11) is 1.60. The Kier molecular flexibility index (Phi) is 5.24. The molecule has 1 aromatic carbocycles. The van der Waals surface area contributed by atoms with E-state index in [1.165, 1.54) is 28.5 Å². The lowest BCUT2D eigenvalue weighted by Crippen LogP contribution is -2.47. The third-order valence-corrected chi connectivity index (χ3v) is 6.26. The van der Waals surface area contributed by atoms with E-state index in [0.29, 0.717) is 5.69 Å². The number of thiophene rings is 1. The molecule has 150 valence electrons. The first-order chi connectivity index (χ1) is 14.0. The van der Waals surface area contributed by atoms with Gasteiger partial charge in [-0.15, -0.1) is 11.3 Å². The summed E-state index contributed by atoms with van der Waals surface area (Å²) in [6, 6.07) is 10.4. The summed E-state index contributed by atoms with van der Waals surface area (Å²) in [6.45, 7) is 1.96. The summed E-state index contributed by atoms with van der Waals surface area (Å²) >= 11 is 1.46. The number of carbonyl (C=O) groups is 3. The SMILES string of the molecule is Cc1csc([C@@H]2[C@@H](OC(=O)N(C)c3ccccc3)C(=O)C=CN2C(=O)C2CC2)c1. The second-order valence-electron chi connectivity index (χ2n) is 7.41. The third kappa shape index (κ3) is 3.96. The average molecular weight is 410 g/mol. The molecule has 4 rings (SSSR count). The fourth-order valence-corrected chi connectivity index (χ4v) is 4.38. The van der Waals surface area contributed by atoms with Crippen LogP contribution in [-0.2, 0) is 14.3 Å². The second kappa shape index (κ2) is 7.83. The van der Waals surface area contributed by atoms with Crippen molar-refractivity contribution >= 4 is 34.8 Å². The van der Waals surface area contributed by atoms with E-state index in [2.05, 4.69) is 0 Å². The van der Waals surface area contributed by atoms with Crippen LogP contribution in [0.15, 0.2) is 54.1 Å². The largest absolute Gasteiger partial charge is 0.435 e. The number of nitrogens with zero attached hydrogens (tertiary/aromatic N) is 2. The van der Waals surface area contributed by atoms with Crippen LogP contribution < -0.4 is 4.90 Å². The highest BCUT2D eigenvalue weighted by atomic mass is 32.1. The zero-order valence-corrected chi connectivity index (χ0v) is 17.1. The number of benzene rings is 1. The van der Waals surface area contributed by atoms with Gasteiger partial charge in [0, 0.05) is 35.8 Å². The zero-order chi connectivity index (χ0) is 20.5. The molecule has 2 amide bonds. The smallest absolute Gasteiger partial charge is 0.414 e. The maximum absolute atomic E-state index is 12.9. The van der Waals surface area contributed by atoms with E-state index in [-0.39, 0.29) is 17.6 Å². The number of ether oxygens (including phenoxy) is 1. The molecule has 2 atom stereocenters. The Bertz CT molecular complexity index is 964. The van der Waals surface area contributed by atoms with Gasteiger partial charge in [0.05, 0.1) is 0 Å². The van der Waals surface area contributed by atoms with Crippen molar-refractivity contribution in [3.63, 3.8) is 0 Å². The molecule has 1 fully saturated rings.